The zero-order valence-corrected chi connectivity index (χ0v) is 46.8. The van der Waals surface area contributed by atoms with Gasteiger partial charge >= 0.3 is 11.9 Å². The number of methoxy groups -OCH3 is 2. The molecule has 77 heavy (non-hydrogen) atoms. The summed E-state index contributed by atoms with van der Waals surface area (Å²) in [6.45, 7) is 15.3. The fourth-order valence-corrected chi connectivity index (χ4v) is 10.7. The number of carbonyl (C=O) groups is 3. The van der Waals surface area contributed by atoms with Crippen LogP contribution in [-0.2, 0) is 57.0 Å². The third-order valence-corrected chi connectivity index (χ3v) is 15.9. The Kier molecular flexibility index (Phi) is 27.3. The molecule has 27 atom stereocenters. The van der Waals surface area contributed by atoms with Gasteiger partial charge in [0.2, 0.25) is 0 Å². The summed E-state index contributed by atoms with van der Waals surface area (Å²) in [5.74, 6) is -6.31. The molecule has 4 fully saturated rings. The third kappa shape index (κ3) is 16.5. The second-order valence-electron chi connectivity index (χ2n) is 22.0. The number of nitrogens with zero attached hydrogens (tertiary/aromatic N) is 1. The number of carboxylic acid groups (broad SMARTS) is 1. The van der Waals surface area contributed by atoms with Crippen LogP contribution in [0.2, 0.25) is 0 Å². The lowest BCUT2D eigenvalue weighted by molar-refractivity contribution is -0.326. The SMILES string of the molecule is CC[C@@H]1OC(=O)[C@H](C)[C@H](O[C@H]2C[C@@](C)(OC)[C@@H](O)[C@H](C)O2)[C@H](C)[C@@H](O[C@H]2O[C@H](C)C[C@H](N(C)C)[C@H]2O)[C@@](C)(OC)C[C@@H](C)C(=O)[C@@H](C)[C@@H](O)[C@]1(C)O.O.O=C(O)[C@H](O)[C@@H](O)[C@@H](O[C@@H]1O[C@H](CO)[C@H](O)[C@H](O)[C@H]1O)[C@H](O)CO. The average Bonchev–Trinajstić information content (AvgIpc) is 3.37. The van der Waals surface area contributed by atoms with Gasteiger partial charge < -0.3 is 119 Å². The summed E-state index contributed by atoms with van der Waals surface area (Å²) in [6, 6.07) is -0.283. The number of hydrogen-bond acceptors (Lipinski definition) is 25. The minimum atomic E-state index is -2.39. The van der Waals surface area contributed by atoms with Gasteiger partial charge in [-0.1, -0.05) is 27.7 Å². The molecule has 4 saturated heterocycles. The van der Waals surface area contributed by atoms with Gasteiger partial charge in [0, 0.05) is 44.4 Å². The quantitative estimate of drug-likeness (QED) is 0.0654. The predicted octanol–water partition coefficient (Wildman–Crippen LogP) is -4.05. The van der Waals surface area contributed by atoms with E-state index >= 15 is 0 Å². The van der Waals surface area contributed by atoms with Crippen molar-refractivity contribution in [1.29, 1.82) is 0 Å². The molecule has 0 amide bonds. The number of cyclic esters (lactones) is 1. The van der Waals surface area contributed by atoms with Crippen molar-refractivity contribution in [1.82, 2.24) is 4.90 Å². The summed E-state index contributed by atoms with van der Waals surface area (Å²) in [4.78, 5) is 40.8. The van der Waals surface area contributed by atoms with Crippen LogP contribution < -0.4 is 0 Å². The van der Waals surface area contributed by atoms with Crippen LogP contribution >= 0.6 is 0 Å². The third-order valence-electron chi connectivity index (χ3n) is 15.9. The van der Waals surface area contributed by atoms with Crippen molar-refractivity contribution >= 4 is 17.7 Å². The summed E-state index contributed by atoms with van der Waals surface area (Å²) >= 11 is 0. The molecule has 0 aliphatic carbocycles. The number of hydrogen-bond donors (Lipinski definition) is 13. The standard InChI is InChI=1S/C38H69NO13.C12H22O12.H2O/c1-15-26-38(10,45)31(42)21(4)28(40)19(2)17-37(9,47-14)33(52-35-29(41)25(39(11)12)16-20(3)48-35)22(5)30(23(6)34(44)50-26)51-27-18-36(8,46-13)32(43)24(7)49-27;13-1-3(15)10(7(18)8(19)11(21)22)24-12-9(20)6(17)5(16)4(2-14)23-12;/h19-27,29-33,35,41-43,45H,15-18H2,1-14H3;3-10,12-20H,1-2H2,(H,21,22);1H2/t19-,20-,21-,22+,23-,24+,25+,26+,27+,29-,30-,31-,32+,33-,35-,36-,37+,38-;3-,4-,5+,6+,7-,8-,9-,10+,12+;/m11./s1. The summed E-state index contributed by atoms with van der Waals surface area (Å²) < 4.78 is 53.9. The maximum atomic E-state index is 14.2. The number of aliphatic hydroxyl groups excluding tert-OH is 11. The first kappa shape index (κ1) is 70.8. The van der Waals surface area contributed by atoms with Crippen molar-refractivity contribution in [2.75, 3.05) is 41.5 Å². The minimum absolute atomic E-state index is 0. The molecule has 0 saturated carbocycles. The topological polar surface area (TPSA) is 432 Å². The van der Waals surface area contributed by atoms with Crippen molar-refractivity contribution in [2.24, 2.45) is 23.7 Å². The van der Waals surface area contributed by atoms with Gasteiger partial charge in [-0.2, -0.15) is 0 Å². The fraction of sp³-hybridized carbons (Fsp3) is 0.940. The number of esters is 1. The Labute approximate surface area is 450 Å². The first-order valence-electron chi connectivity index (χ1n) is 25.9. The van der Waals surface area contributed by atoms with Gasteiger partial charge in [-0.25, -0.2) is 4.79 Å². The summed E-state index contributed by atoms with van der Waals surface area (Å²) in [5, 5.41) is 130. The smallest absolute Gasteiger partial charge is 0.335 e. The normalized spacial score (nSPS) is 44.3. The molecule has 4 rings (SSSR count). The number of aliphatic carboxylic acids is 1. The molecule has 0 unspecified atom stereocenters. The van der Waals surface area contributed by atoms with Gasteiger partial charge in [0.05, 0.1) is 60.9 Å². The average molecular weight is 1120 g/mol. The number of Topliss-reactive ketones (excluding diaryl/α,β-unsaturated/α-hetero) is 1. The van der Waals surface area contributed by atoms with Crippen molar-refractivity contribution in [3.63, 3.8) is 0 Å². The van der Waals surface area contributed by atoms with Crippen LogP contribution in [0, 0.1) is 23.7 Å². The second kappa shape index (κ2) is 29.6. The zero-order chi connectivity index (χ0) is 58.3. The van der Waals surface area contributed by atoms with Crippen LogP contribution in [0.1, 0.15) is 94.9 Å². The first-order valence-corrected chi connectivity index (χ1v) is 25.9. The molecular weight excluding hydrogens is 1030 g/mol. The van der Waals surface area contributed by atoms with Gasteiger partial charge in [-0.05, 0) is 74.9 Å². The lowest BCUT2D eigenvalue weighted by Gasteiger charge is -2.50. The monoisotopic (exact) mass is 1120 g/mol. The molecule has 0 aromatic carbocycles. The number of carbonyl (C=O) groups excluding carboxylic acids is 2. The number of aliphatic hydroxyl groups is 12. The van der Waals surface area contributed by atoms with Crippen molar-refractivity contribution in [3.8, 4) is 0 Å². The highest BCUT2D eigenvalue weighted by Crippen LogP contribution is 2.42. The van der Waals surface area contributed by atoms with E-state index in [4.69, 9.17) is 58.0 Å². The van der Waals surface area contributed by atoms with E-state index in [1.165, 1.54) is 21.1 Å². The van der Waals surface area contributed by atoms with Gasteiger partial charge in [0.15, 0.2) is 25.0 Å². The molecule has 27 nitrogen and oxygen atoms in total. The number of carboxylic acids is 1. The molecule has 454 valence electrons. The molecule has 4 aliphatic heterocycles. The summed E-state index contributed by atoms with van der Waals surface area (Å²) in [5.41, 5.74) is -4.24. The Hall–Kier alpha value is -2.27. The highest BCUT2D eigenvalue weighted by atomic mass is 16.7. The highest BCUT2D eigenvalue weighted by Gasteiger charge is 2.55. The van der Waals surface area contributed by atoms with Gasteiger partial charge in [-0.3, -0.25) is 9.59 Å². The molecule has 4 aliphatic rings. The Morgan fingerprint density at radius 1 is 0.779 bits per heavy atom. The van der Waals surface area contributed by atoms with Crippen molar-refractivity contribution in [2.45, 2.75) is 234 Å². The van der Waals surface area contributed by atoms with Crippen LogP contribution in [0.4, 0.5) is 0 Å². The van der Waals surface area contributed by atoms with E-state index in [9.17, 15) is 65.4 Å². The Morgan fingerprint density at radius 2 is 1.36 bits per heavy atom. The molecule has 0 radical (unpaired) electrons. The van der Waals surface area contributed by atoms with Gasteiger partial charge in [-0.15, -0.1) is 0 Å². The van der Waals surface area contributed by atoms with Crippen molar-refractivity contribution in [3.05, 3.63) is 0 Å². The van der Waals surface area contributed by atoms with E-state index in [2.05, 4.69) is 0 Å². The summed E-state index contributed by atoms with van der Waals surface area (Å²) in [6.07, 6.45) is -25.7. The number of rotatable bonds is 16. The van der Waals surface area contributed by atoms with Crippen molar-refractivity contribution < 1.29 is 129 Å². The van der Waals surface area contributed by atoms with E-state index in [1.807, 2.05) is 32.8 Å². The van der Waals surface area contributed by atoms with E-state index in [0.717, 1.165) is 0 Å². The van der Waals surface area contributed by atoms with Gasteiger partial charge in [0.25, 0.3) is 0 Å². The lowest BCUT2D eigenvalue weighted by atomic mass is 9.74. The number of ketones is 1. The van der Waals surface area contributed by atoms with E-state index in [0.29, 0.717) is 6.42 Å². The van der Waals surface area contributed by atoms with Crippen LogP contribution in [0.15, 0.2) is 0 Å². The Bertz CT molecular complexity index is 1820. The van der Waals surface area contributed by atoms with E-state index < -0.39 is 176 Å². The zero-order valence-electron chi connectivity index (χ0n) is 46.8. The van der Waals surface area contributed by atoms with E-state index in [1.54, 1.807) is 48.5 Å². The number of ether oxygens (including phenoxy) is 9. The molecule has 0 aromatic rings. The van der Waals surface area contributed by atoms with Gasteiger partial charge in [0.1, 0.15) is 72.4 Å². The maximum Gasteiger partial charge on any atom is 0.335 e. The molecule has 0 spiro atoms. The van der Waals surface area contributed by atoms with Crippen LogP contribution in [0.25, 0.3) is 0 Å². The molecule has 15 N–H and O–H groups in total. The maximum absolute atomic E-state index is 14.2. The van der Waals surface area contributed by atoms with Crippen LogP contribution in [0.5, 0.6) is 0 Å². The molecule has 0 bridgehead atoms. The minimum Gasteiger partial charge on any atom is -0.479 e. The molecule has 4 heterocycles. The van der Waals surface area contributed by atoms with Crippen LogP contribution in [0.3, 0.4) is 0 Å². The largest absolute Gasteiger partial charge is 0.479 e. The number of likely N-dealkylation sites (N-methyl/N-ethyl adjacent to an activating group) is 1. The molecular formula is C50H93NO26. The Balaban J connectivity index is 0.000000679. The predicted molar refractivity (Wildman–Crippen MR) is 266 cm³/mol. The first-order chi connectivity index (χ1) is 35.1. The highest BCUT2D eigenvalue weighted by molar-refractivity contribution is 5.83. The second-order valence-corrected chi connectivity index (χ2v) is 22.0. The summed E-state index contributed by atoms with van der Waals surface area (Å²) in [7, 11) is 6.77. The Morgan fingerprint density at radius 3 is 1.87 bits per heavy atom. The molecule has 27 heteroatoms. The molecule has 0 aromatic heterocycles. The lowest BCUT2D eigenvalue weighted by Crippen LogP contribution is -2.61. The van der Waals surface area contributed by atoms with E-state index in [-0.39, 0.29) is 42.7 Å². The van der Waals surface area contributed by atoms with Crippen LogP contribution in [-0.4, -0.2) is 275 Å². The fourth-order valence-electron chi connectivity index (χ4n) is 10.7.